The molecule has 2 heterocycles. The molecule has 0 bridgehead atoms. The average molecular weight is 442 g/mol. The van der Waals surface area contributed by atoms with E-state index >= 15 is 0 Å². The van der Waals surface area contributed by atoms with Crippen molar-refractivity contribution in [2.45, 2.75) is 13.8 Å². The lowest BCUT2D eigenvalue weighted by atomic mass is 10.1. The fraction of sp³-hybridized carbons (Fsp3) is 0.0909. The Balaban J connectivity index is 1.95. The number of fused-ring (bicyclic) bond motifs is 1. The molecule has 0 spiro atoms. The molecule has 4 aromatic rings. The smallest absolute Gasteiger partial charge is 0.275 e. The van der Waals surface area contributed by atoms with E-state index in [1.807, 2.05) is 50.2 Å². The molecule has 2 aromatic carbocycles. The number of nitrogens with two attached hydrogens (primary N) is 1. The van der Waals surface area contributed by atoms with E-state index in [-0.39, 0.29) is 5.91 Å². The van der Waals surface area contributed by atoms with Gasteiger partial charge in [-0.15, -0.1) is 11.3 Å². The number of hydrogen-bond donors (Lipinski definition) is 1. The van der Waals surface area contributed by atoms with Crippen LogP contribution in [0.4, 0.5) is 17.1 Å². The Morgan fingerprint density at radius 1 is 1.03 bits per heavy atom. The second-order valence-electron chi connectivity index (χ2n) is 6.65. The van der Waals surface area contributed by atoms with E-state index in [1.165, 1.54) is 16.2 Å². The first-order valence-corrected chi connectivity index (χ1v) is 10.5. The minimum absolute atomic E-state index is 0.302. The van der Waals surface area contributed by atoms with Crippen LogP contribution in [0.2, 0.25) is 10.0 Å². The number of para-hydroxylation sites is 2. The number of amides is 1. The summed E-state index contributed by atoms with van der Waals surface area (Å²) in [5.41, 5.74) is 9.77. The molecule has 1 amide bonds. The highest BCUT2D eigenvalue weighted by Crippen LogP contribution is 2.42. The summed E-state index contributed by atoms with van der Waals surface area (Å²) in [5.74, 6) is -0.302. The number of aromatic nitrogens is 1. The summed E-state index contributed by atoms with van der Waals surface area (Å²) in [7, 11) is 0. The van der Waals surface area contributed by atoms with Crippen LogP contribution >= 0.6 is 34.5 Å². The Hall–Kier alpha value is -2.60. The standard InChI is InChI=1S/C22H17Cl2N3OS/c1-12-11-13(2)26-21-17(12)18(25)20(29-21)22(28)27(14-7-4-3-5-8-14)19-15(23)9-6-10-16(19)24/h3-11H,25H2,1-2H3. The summed E-state index contributed by atoms with van der Waals surface area (Å²) in [6, 6.07) is 16.3. The Morgan fingerprint density at radius 2 is 1.69 bits per heavy atom. The summed E-state index contributed by atoms with van der Waals surface area (Å²) in [4.78, 5) is 21.0. The average Bonchev–Trinajstić information content (AvgIpc) is 3.01. The van der Waals surface area contributed by atoms with Crippen LogP contribution in [-0.4, -0.2) is 10.9 Å². The van der Waals surface area contributed by atoms with Crippen LogP contribution in [0.5, 0.6) is 0 Å². The molecule has 29 heavy (non-hydrogen) atoms. The normalized spacial score (nSPS) is 11.0. The number of carbonyl (C=O) groups is 1. The molecule has 4 rings (SSSR count). The zero-order valence-electron chi connectivity index (χ0n) is 15.7. The highest BCUT2D eigenvalue weighted by molar-refractivity contribution is 7.21. The van der Waals surface area contributed by atoms with E-state index in [4.69, 9.17) is 28.9 Å². The first-order chi connectivity index (χ1) is 13.9. The third-order valence-electron chi connectivity index (χ3n) is 4.60. The first-order valence-electron chi connectivity index (χ1n) is 8.88. The molecule has 4 nitrogen and oxygen atoms in total. The summed E-state index contributed by atoms with van der Waals surface area (Å²) in [6.07, 6.45) is 0. The van der Waals surface area contributed by atoms with Crippen molar-refractivity contribution >= 4 is 67.7 Å². The number of hydrogen-bond acceptors (Lipinski definition) is 4. The van der Waals surface area contributed by atoms with Crippen molar-refractivity contribution in [2.75, 3.05) is 10.6 Å². The second kappa shape index (κ2) is 7.67. The quantitative estimate of drug-likeness (QED) is 0.380. The molecule has 2 N–H and O–H groups in total. The van der Waals surface area contributed by atoms with Crippen molar-refractivity contribution < 1.29 is 4.79 Å². The molecule has 0 saturated carbocycles. The molecule has 0 unspecified atom stereocenters. The van der Waals surface area contributed by atoms with Gasteiger partial charge in [0.1, 0.15) is 9.71 Å². The second-order valence-corrected chi connectivity index (χ2v) is 8.47. The van der Waals surface area contributed by atoms with Crippen molar-refractivity contribution in [3.05, 3.63) is 80.8 Å². The maximum absolute atomic E-state index is 13.7. The number of nitrogens with zero attached hydrogens (tertiary/aromatic N) is 2. The van der Waals surface area contributed by atoms with E-state index in [0.29, 0.717) is 32.0 Å². The summed E-state index contributed by atoms with van der Waals surface area (Å²) < 4.78 is 0. The SMILES string of the molecule is Cc1cc(C)c2c(N)c(C(=O)N(c3ccccc3)c3c(Cl)cccc3Cl)sc2n1. The predicted molar refractivity (Wildman–Crippen MR) is 123 cm³/mol. The summed E-state index contributed by atoms with van der Waals surface area (Å²) in [6.45, 7) is 3.89. The molecule has 0 fully saturated rings. The van der Waals surface area contributed by atoms with Gasteiger partial charge < -0.3 is 5.73 Å². The fourth-order valence-electron chi connectivity index (χ4n) is 3.36. The van der Waals surface area contributed by atoms with Gasteiger partial charge in [0.2, 0.25) is 0 Å². The van der Waals surface area contributed by atoms with Crippen LogP contribution in [0, 0.1) is 13.8 Å². The minimum atomic E-state index is -0.302. The van der Waals surface area contributed by atoms with Crippen LogP contribution in [0.3, 0.4) is 0 Å². The zero-order valence-corrected chi connectivity index (χ0v) is 18.1. The summed E-state index contributed by atoms with van der Waals surface area (Å²) >= 11 is 14.2. The number of anilines is 3. The molecule has 0 aliphatic heterocycles. The molecule has 146 valence electrons. The van der Waals surface area contributed by atoms with Gasteiger partial charge in [0.05, 0.1) is 21.4 Å². The van der Waals surface area contributed by atoms with Crippen LogP contribution in [-0.2, 0) is 0 Å². The van der Waals surface area contributed by atoms with Crippen LogP contribution in [0.1, 0.15) is 20.9 Å². The largest absolute Gasteiger partial charge is 0.397 e. The number of aryl methyl sites for hydroxylation is 2. The zero-order chi connectivity index (χ0) is 20.7. The minimum Gasteiger partial charge on any atom is -0.397 e. The van der Waals surface area contributed by atoms with Crippen molar-refractivity contribution in [1.29, 1.82) is 0 Å². The van der Waals surface area contributed by atoms with Gasteiger partial charge in [-0.25, -0.2) is 4.98 Å². The number of rotatable bonds is 3. The number of nitrogen functional groups attached to an aromatic ring is 1. The van der Waals surface area contributed by atoms with Crippen molar-refractivity contribution in [2.24, 2.45) is 0 Å². The lowest BCUT2D eigenvalue weighted by Crippen LogP contribution is -2.26. The topological polar surface area (TPSA) is 59.2 Å². The number of pyridine rings is 1. The molecule has 2 aromatic heterocycles. The van der Waals surface area contributed by atoms with E-state index in [9.17, 15) is 4.79 Å². The van der Waals surface area contributed by atoms with Crippen LogP contribution in [0.15, 0.2) is 54.6 Å². The molecular formula is C22H17Cl2N3OS. The Labute approximate surface area is 182 Å². The summed E-state index contributed by atoms with van der Waals surface area (Å²) in [5, 5.41) is 1.56. The van der Waals surface area contributed by atoms with Gasteiger partial charge in [-0.3, -0.25) is 9.69 Å². The first kappa shape index (κ1) is 19.7. The molecule has 7 heteroatoms. The van der Waals surface area contributed by atoms with E-state index < -0.39 is 0 Å². The van der Waals surface area contributed by atoms with Gasteiger partial charge in [0.15, 0.2) is 0 Å². The number of carbonyl (C=O) groups excluding carboxylic acids is 1. The number of benzene rings is 2. The van der Waals surface area contributed by atoms with Crippen LogP contribution in [0.25, 0.3) is 10.2 Å². The molecule has 0 aliphatic carbocycles. The Kier molecular flexibility index (Phi) is 5.21. The fourth-order valence-corrected chi connectivity index (χ4v) is 5.07. The van der Waals surface area contributed by atoms with Crippen molar-refractivity contribution in [1.82, 2.24) is 4.98 Å². The van der Waals surface area contributed by atoms with Gasteiger partial charge in [0.25, 0.3) is 5.91 Å². The molecule has 0 radical (unpaired) electrons. The van der Waals surface area contributed by atoms with Gasteiger partial charge >= 0.3 is 0 Å². The highest BCUT2D eigenvalue weighted by Gasteiger charge is 2.28. The monoisotopic (exact) mass is 441 g/mol. The van der Waals surface area contributed by atoms with Crippen LogP contribution < -0.4 is 10.6 Å². The molecule has 0 aliphatic rings. The maximum Gasteiger partial charge on any atom is 0.275 e. The third kappa shape index (κ3) is 3.46. The number of thiophene rings is 1. The van der Waals surface area contributed by atoms with E-state index in [0.717, 1.165) is 21.5 Å². The highest BCUT2D eigenvalue weighted by atomic mass is 35.5. The molecule has 0 saturated heterocycles. The van der Waals surface area contributed by atoms with E-state index in [2.05, 4.69) is 4.98 Å². The third-order valence-corrected chi connectivity index (χ3v) is 6.29. The lowest BCUT2D eigenvalue weighted by molar-refractivity contribution is 0.100. The predicted octanol–water partition coefficient (Wildman–Crippen LogP) is 6.78. The Morgan fingerprint density at radius 3 is 2.34 bits per heavy atom. The Bertz CT molecular complexity index is 1220. The van der Waals surface area contributed by atoms with Crippen molar-refractivity contribution in [3.8, 4) is 0 Å². The van der Waals surface area contributed by atoms with Gasteiger partial charge in [-0.05, 0) is 49.7 Å². The molecule has 0 atom stereocenters. The maximum atomic E-state index is 13.7. The molecular weight excluding hydrogens is 425 g/mol. The van der Waals surface area contributed by atoms with Gasteiger partial charge in [0, 0.05) is 16.8 Å². The number of halogens is 2. The van der Waals surface area contributed by atoms with E-state index in [1.54, 1.807) is 18.2 Å². The van der Waals surface area contributed by atoms with Gasteiger partial charge in [-0.1, -0.05) is 47.5 Å². The van der Waals surface area contributed by atoms with Crippen molar-refractivity contribution in [3.63, 3.8) is 0 Å². The van der Waals surface area contributed by atoms with Gasteiger partial charge in [-0.2, -0.15) is 0 Å². The lowest BCUT2D eigenvalue weighted by Gasteiger charge is -2.24.